The maximum absolute atomic E-state index is 13.7. The molecule has 1 saturated heterocycles. The zero-order valence-corrected chi connectivity index (χ0v) is 26.1. The zero-order valence-electron chi connectivity index (χ0n) is 23.8. The van der Waals surface area contributed by atoms with E-state index < -0.39 is 52.0 Å². The number of likely N-dealkylation sites (tertiary alicyclic amines) is 1. The van der Waals surface area contributed by atoms with Gasteiger partial charge in [-0.2, -0.15) is 0 Å². The van der Waals surface area contributed by atoms with Gasteiger partial charge in [0.2, 0.25) is 27.7 Å². The van der Waals surface area contributed by atoms with Crippen molar-refractivity contribution in [3.05, 3.63) is 94.0 Å². The van der Waals surface area contributed by atoms with Gasteiger partial charge in [0, 0.05) is 35.7 Å². The first-order valence-electron chi connectivity index (χ1n) is 13.8. The number of primary amides is 1. The van der Waals surface area contributed by atoms with Crippen LogP contribution in [0.25, 0.3) is 0 Å². The number of phenolic OH excluding ortho intramolecular Hbond substituents is 1. The molecule has 4 rings (SSSR count). The first-order valence-corrected chi connectivity index (χ1v) is 16.1. The fourth-order valence-electron chi connectivity index (χ4n) is 4.97. The Kier molecular flexibility index (Phi) is 10.7. The molecule has 1 atom stereocenters. The van der Waals surface area contributed by atoms with E-state index in [0.29, 0.717) is 23.1 Å². The molecule has 0 spiro atoms. The summed E-state index contributed by atoms with van der Waals surface area (Å²) in [5, 5.41) is 16.1. The molecule has 14 heteroatoms. The van der Waals surface area contributed by atoms with Gasteiger partial charge in [-0.25, -0.2) is 8.42 Å². The number of nitrogens with zero attached hydrogens (tertiary/aromatic N) is 2. The minimum absolute atomic E-state index is 0.0939. The molecule has 1 heterocycles. The van der Waals surface area contributed by atoms with Crippen molar-refractivity contribution in [2.24, 2.45) is 5.73 Å². The van der Waals surface area contributed by atoms with Gasteiger partial charge in [0.05, 0.1) is 23.5 Å². The van der Waals surface area contributed by atoms with Crippen molar-refractivity contribution in [1.82, 2.24) is 15.5 Å². The summed E-state index contributed by atoms with van der Waals surface area (Å²) in [6.07, 6.45) is -0.595. The topological polar surface area (TPSA) is 162 Å². The molecular weight excluding hydrogens is 629 g/mol. The Morgan fingerprint density at radius 2 is 1.55 bits per heavy atom. The summed E-state index contributed by atoms with van der Waals surface area (Å²) >= 11 is 12.3. The molecule has 5 N–H and O–H groups in total. The minimum Gasteiger partial charge on any atom is -0.508 e. The average molecular weight is 663 g/mol. The van der Waals surface area contributed by atoms with Crippen molar-refractivity contribution in [3.8, 4) is 5.75 Å². The summed E-state index contributed by atoms with van der Waals surface area (Å²) in [7, 11) is -4.01. The highest BCUT2D eigenvalue weighted by Gasteiger charge is 2.42. The molecule has 0 bridgehead atoms. The number of amides is 3. The van der Waals surface area contributed by atoms with E-state index in [2.05, 4.69) is 15.5 Å². The second kappa shape index (κ2) is 14.3. The van der Waals surface area contributed by atoms with Crippen molar-refractivity contribution in [1.29, 1.82) is 0 Å². The molecule has 3 aromatic carbocycles. The van der Waals surface area contributed by atoms with Crippen LogP contribution in [0.3, 0.4) is 0 Å². The van der Waals surface area contributed by atoms with Crippen LogP contribution < -0.4 is 20.7 Å². The van der Waals surface area contributed by atoms with Crippen LogP contribution in [0.1, 0.15) is 30.5 Å². The lowest BCUT2D eigenvalue weighted by Gasteiger charge is -2.49. The molecule has 1 fully saturated rings. The Labute approximate surface area is 266 Å². The highest BCUT2D eigenvalue weighted by atomic mass is 35.5. The Balaban J connectivity index is 1.49. The van der Waals surface area contributed by atoms with E-state index in [1.165, 1.54) is 23.4 Å². The van der Waals surface area contributed by atoms with Gasteiger partial charge >= 0.3 is 0 Å². The number of nitrogens with two attached hydrogens (primary N) is 1. The van der Waals surface area contributed by atoms with Crippen molar-refractivity contribution in [2.75, 3.05) is 29.7 Å². The van der Waals surface area contributed by atoms with Crippen molar-refractivity contribution >= 4 is 56.6 Å². The van der Waals surface area contributed by atoms with Gasteiger partial charge in [-0.05, 0) is 54.4 Å². The Morgan fingerprint density at radius 1 is 0.977 bits per heavy atom. The number of carbonyl (C=O) groups is 3. The van der Waals surface area contributed by atoms with Gasteiger partial charge in [0.1, 0.15) is 18.2 Å². The summed E-state index contributed by atoms with van der Waals surface area (Å²) in [5.41, 5.74) is 7.34. The molecule has 3 amide bonds. The fraction of sp³-hybridized carbons (Fsp3) is 0.300. The highest BCUT2D eigenvalue weighted by Crippen LogP contribution is 2.37. The Morgan fingerprint density at radius 3 is 2.07 bits per heavy atom. The molecule has 1 unspecified atom stereocenters. The van der Waals surface area contributed by atoms with E-state index in [9.17, 15) is 27.9 Å². The largest absolute Gasteiger partial charge is 0.508 e. The number of hydrogen-bond donors (Lipinski definition) is 4. The summed E-state index contributed by atoms with van der Waals surface area (Å²) < 4.78 is 28.7. The third-order valence-electron chi connectivity index (χ3n) is 7.15. The van der Waals surface area contributed by atoms with Crippen LogP contribution in [0.2, 0.25) is 10.0 Å². The number of benzene rings is 3. The third kappa shape index (κ3) is 8.41. The smallest absolute Gasteiger partial charge is 0.239 e. The van der Waals surface area contributed by atoms with Gasteiger partial charge in [-0.15, -0.1) is 0 Å². The molecule has 0 radical (unpaired) electrons. The van der Waals surface area contributed by atoms with Gasteiger partial charge in [0.15, 0.2) is 0 Å². The molecule has 11 nitrogen and oxygen atoms in total. The number of rotatable bonds is 13. The maximum Gasteiger partial charge on any atom is 0.239 e. The lowest BCUT2D eigenvalue weighted by atomic mass is 9.93. The van der Waals surface area contributed by atoms with Crippen LogP contribution >= 0.6 is 23.2 Å². The van der Waals surface area contributed by atoms with E-state index in [1.807, 2.05) is 24.3 Å². The predicted octanol–water partition coefficient (Wildman–Crippen LogP) is 2.81. The lowest BCUT2D eigenvalue weighted by Crippen LogP contribution is -2.62. The number of hydrogen-bond acceptors (Lipinski definition) is 7. The van der Waals surface area contributed by atoms with Crippen molar-refractivity contribution in [2.45, 2.75) is 31.5 Å². The van der Waals surface area contributed by atoms with E-state index in [-0.39, 0.29) is 24.0 Å². The molecule has 234 valence electrons. The second-order valence-corrected chi connectivity index (χ2v) is 13.3. The van der Waals surface area contributed by atoms with Crippen LogP contribution in [0.15, 0.2) is 72.8 Å². The third-order valence-corrected chi connectivity index (χ3v) is 9.48. The Bertz CT molecular complexity index is 1550. The molecular formula is C30H33Cl2N5O6S. The first kappa shape index (κ1) is 33.1. The zero-order chi connectivity index (χ0) is 32.0. The molecule has 1 aliphatic rings. The molecule has 0 saturated carbocycles. The lowest BCUT2D eigenvalue weighted by molar-refractivity contribution is -0.131. The summed E-state index contributed by atoms with van der Waals surface area (Å²) in [6.45, 7) is 1.86. The quantitative estimate of drug-likeness (QED) is 0.205. The fourth-order valence-corrected chi connectivity index (χ4v) is 6.80. The minimum atomic E-state index is -4.01. The van der Waals surface area contributed by atoms with Gasteiger partial charge in [0.25, 0.3) is 0 Å². The summed E-state index contributed by atoms with van der Waals surface area (Å²) in [4.78, 5) is 37.5. The number of aromatic hydroxyl groups is 1. The van der Waals surface area contributed by atoms with Crippen LogP contribution in [-0.2, 0) is 24.4 Å². The molecule has 0 aromatic heterocycles. The molecule has 44 heavy (non-hydrogen) atoms. The number of carbonyl (C=O) groups excluding carboxylic acids is 3. The average Bonchev–Trinajstić information content (AvgIpc) is 2.93. The monoisotopic (exact) mass is 661 g/mol. The predicted molar refractivity (Wildman–Crippen MR) is 169 cm³/mol. The number of nitrogens with one attached hydrogen (secondary N) is 2. The van der Waals surface area contributed by atoms with Gasteiger partial charge < -0.3 is 21.5 Å². The molecule has 1 aliphatic heterocycles. The van der Waals surface area contributed by atoms with Crippen LogP contribution in [-0.4, -0.2) is 73.6 Å². The molecule has 0 aliphatic carbocycles. The maximum atomic E-state index is 13.7. The number of anilines is 1. The van der Waals surface area contributed by atoms with E-state index in [1.54, 1.807) is 36.4 Å². The second-order valence-electron chi connectivity index (χ2n) is 10.5. The number of halogens is 2. The highest BCUT2D eigenvalue weighted by molar-refractivity contribution is 7.92. The number of sulfonamides is 1. The van der Waals surface area contributed by atoms with E-state index >= 15 is 0 Å². The summed E-state index contributed by atoms with van der Waals surface area (Å²) in [5.74, 6) is -2.73. The summed E-state index contributed by atoms with van der Waals surface area (Å²) in [6, 6.07) is 19.3. The SMILES string of the molecule is CC(NC(=O)CC(=O)NCCS(=O)(=O)N(c1cccc(O)c1)C1CN(C(c2ccc(Cl)cc2)c2ccc(Cl)cc2)C1)C(N)=O. The van der Waals surface area contributed by atoms with Gasteiger partial charge in [-0.3, -0.25) is 23.6 Å². The standard InChI is InChI=1S/C30H33Cl2N5O6S/c1-19(30(33)41)35-28(40)16-27(39)34-13-14-44(42,43)37(24-3-2-4-26(38)15-24)25-17-36(18-25)29(20-5-9-22(31)10-6-20)21-7-11-23(32)12-8-21/h2-12,15,19,25,29,38H,13-14,16-18H2,1H3,(H2,33,41)(H,34,39)(H,35,40). The van der Waals surface area contributed by atoms with Crippen LogP contribution in [0.4, 0.5) is 5.69 Å². The number of phenols is 1. The van der Waals surface area contributed by atoms with Crippen molar-refractivity contribution < 1.29 is 27.9 Å². The normalized spacial score (nSPS) is 14.5. The van der Waals surface area contributed by atoms with Crippen LogP contribution in [0, 0.1) is 0 Å². The first-order chi connectivity index (χ1) is 20.8. The van der Waals surface area contributed by atoms with Crippen molar-refractivity contribution in [3.63, 3.8) is 0 Å². The van der Waals surface area contributed by atoms with E-state index in [4.69, 9.17) is 28.9 Å². The Hall–Kier alpha value is -3.84. The van der Waals surface area contributed by atoms with Crippen LogP contribution in [0.5, 0.6) is 5.75 Å². The van der Waals surface area contributed by atoms with Gasteiger partial charge in [-0.1, -0.05) is 53.5 Å². The molecule has 3 aromatic rings. The van der Waals surface area contributed by atoms with E-state index in [0.717, 1.165) is 11.1 Å².